The predicted molar refractivity (Wildman–Crippen MR) is 94.0 cm³/mol. The minimum Gasteiger partial charge on any atom is -0.381 e. The van der Waals surface area contributed by atoms with E-state index < -0.39 is 0 Å². The summed E-state index contributed by atoms with van der Waals surface area (Å²) >= 11 is 0. The number of nitrogens with one attached hydrogen (secondary N) is 1. The topological polar surface area (TPSA) is 59.9 Å². The van der Waals surface area contributed by atoms with Crippen LogP contribution in [-0.4, -0.2) is 28.2 Å². The monoisotopic (exact) mass is 320 g/mol. The number of para-hydroxylation sites is 1. The van der Waals surface area contributed by atoms with Crippen LogP contribution in [0.15, 0.2) is 42.6 Å². The fraction of sp³-hybridized carbons (Fsp3) is 0.316. The van der Waals surface area contributed by atoms with Crippen LogP contribution in [0, 0.1) is 6.92 Å². The Kier molecular flexibility index (Phi) is 4.09. The van der Waals surface area contributed by atoms with Crippen molar-refractivity contribution in [3.63, 3.8) is 0 Å². The van der Waals surface area contributed by atoms with Crippen molar-refractivity contribution in [1.29, 1.82) is 0 Å². The number of aromatic nitrogens is 3. The SMILES string of the molecule is Cc1nc(NCc2cnc3ccccc3c2)cc(C2CCOC2)n1. The smallest absolute Gasteiger partial charge is 0.130 e. The van der Waals surface area contributed by atoms with E-state index in [-0.39, 0.29) is 0 Å². The molecule has 122 valence electrons. The number of anilines is 1. The number of pyridine rings is 1. The van der Waals surface area contributed by atoms with Crippen molar-refractivity contribution < 1.29 is 4.74 Å². The van der Waals surface area contributed by atoms with Crippen LogP contribution in [0.2, 0.25) is 0 Å². The van der Waals surface area contributed by atoms with Crippen LogP contribution in [0.4, 0.5) is 5.82 Å². The third-order valence-corrected chi connectivity index (χ3v) is 4.33. The number of aryl methyl sites for hydroxylation is 1. The number of hydrogen-bond acceptors (Lipinski definition) is 5. The van der Waals surface area contributed by atoms with Gasteiger partial charge < -0.3 is 10.1 Å². The minimum absolute atomic E-state index is 0.384. The molecule has 0 spiro atoms. The van der Waals surface area contributed by atoms with Crippen molar-refractivity contribution in [1.82, 2.24) is 15.0 Å². The first kappa shape index (κ1) is 15.0. The second kappa shape index (κ2) is 6.53. The summed E-state index contributed by atoms with van der Waals surface area (Å²) in [5.74, 6) is 2.03. The predicted octanol–water partition coefficient (Wildman–Crippen LogP) is 3.45. The van der Waals surface area contributed by atoms with Gasteiger partial charge in [-0.05, 0) is 31.0 Å². The third-order valence-electron chi connectivity index (χ3n) is 4.33. The summed E-state index contributed by atoms with van der Waals surface area (Å²) in [6.45, 7) is 4.20. The van der Waals surface area contributed by atoms with Crippen LogP contribution < -0.4 is 5.32 Å². The van der Waals surface area contributed by atoms with Gasteiger partial charge in [-0.3, -0.25) is 4.98 Å². The number of rotatable bonds is 4. The molecule has 1 aliphatic rings. The maximum absolute atomic E-state index is 5.47. The summed E-state index contributed by atoms with van der Waals surface area (Å²) in [4.78, 5) is 13.6. The molecule has 1 aromatic carbocycles. The van der Waals surface area contributed by atoms with E-state index in [1.165, 1.54) is 0 Å². The van der Waals surface area contributed by atoms with E-state index in [9.17, 15) is 0 Å². The van der Waals surface area contributed by atoms with E-state index in [0.29, 0.717) is 12.5 Å². The molecule has 1 N–H and O–H groups in total. The van der Waals surface area contributed by atoms with Gasteiger partial charge in [-0.2, -0.15) is 0 Å². The van der Waals surface area contributed by atoms with E-state index in [1.807, 2.05) is 37.4 Å². The Morgan fingerprint density at radius 2 is 2.12 bits per heavy atom. The summed E-state index contributed by atoms with van der Waals surface area (Å²) in [6.07, 6.45) is 2.94. The molecular weight excluding hydrogens is 300 g/mol. The van der Waals surface area contributed by atoms with Gasteiger partial charge in [0.05, 0.1) is 17.8 Å². The lowest BCUT2D eigenvalue weighted by molar-refractivity contribution is 0.193. The van der Waals surface area contributed by atoms with Crippen molar-refractivity contribution in [2.45, 2.75) is 25.8 Å². The van der Waals surface area contributed by atoms with Crippen LogP contribution in [0.5, 0.6) is 0 Å². The molecule has 0 aliphatic carbocycles. The van der Waals surface area contributed by atoms with Crippen LogP contribution in [-0.2, 0) is 11.3 Å². The van der Waals surface area contributed by atoms with Gasteiger partial charge in [0.2, 0.25) is 0 Å². The van der Waals surface area contributed by atoms with Gasteiger partial charge in [0, 0.05) is 36.7 Å². The van der Waals surface area contributed by atoms with Crippen LogP contribution >= 0.6 is 0 Å². The maximum Gasteiger partial charge on any atom is 0.130 e. The summed E-state index contributed by atoms with van der Waals surface area (Å²) in [6, 6.07) is 12.3. The molecule has 4 rings (SSSR count). The first-order valence-electron chi connectivity index (χ1n) is 8.29. The fourth-order valence-electron chi connectivity index (χ4n) is 3.06. The molecule has 1 fully saturated rings. The molecule has 0 saturated carbocycles. The molecule has 0 amide bonds. The van der Waals surface area contributed by atoms with Gasteiger partial charge in [0.25, 0.3) is 0 Å². The van der Waals surface area contributed by atoms with Crippen molar-refractivity contribution in [2.75, 3.05) is 18.5 Å². The highest BCUT2D eigenvalue weighted by atomic mass is 16.5. The summed E-state index contributed by atoms with van der Waals surface area (Å²) in [5.41, 5.74) is 3.22. The Morgan fingerprint density at radius 3 is 3.00 bits per heavy atom. The highest BCUT2D eigenvalue weighted by molar-refractivity contribution is 5.78. The van der Waals surface area contributed by atoms with Gasteiger partial charge in [-0.1, -0.05) is 18.2 Å². The molecule has 1 saturated heterocycles. The van der Waals surface area contributed by atoms with Gasteiger partial charge in [0.1, 0.15) is 11.6 Å². The number of fused-ring (bicyclic) bond motifs is 1. The number of ether oxygens (including phenoxy) is 1. The molecule has 5 nitrogen and oxygen atoms in total. The summed E-state index contributed by atoms with van der Waals surface area (Å²) in [7, 11) is 0. The van der Waals surface area contributed by atoms with Crippen LogP contribution in [0.3, 0.4) is 0 Å². The number of benzene rings is 1. The van der Waals surface area contributed by atoms with Crippen molar-refractivity contribution >= 4 is 16.7 Å². The Hall–Kier alpha value is -2.53. The molecule has 3 aromatic rings. The lowest BCUT2D eigenvalue weighted by Crippen LogP contribution is -2.08. The summed E-state index contributed by atoms with van der Waals surface area (Å²) in [5, 5.41) is 4.55. The molecule has 1 aliphatic heterocycles. The Labute approximate surface area is 141 Å². The van der Waals surface area contributed by atoms with E-state index in [1.54, 1.807) is 0 Å². The zero-order valence-electron chi connectivity index (χ0n) is 13.7. The molecule has 5 heteroatoms. The van der Waals surface area contributed by atoms with Gasteiger partial charge in [-0.25, -0.2) is 9.97 Å². The molecule has 1 unspecified atom stereocenters. The average Bonchev–Trinajstić information content (AvgIpc) is 3.14. The molecular formula is C19H20N4O. The molecule has 1 atom stereocenters. The fourth-order valence-corrected chi connectivity index (χ4v) is 3.06. The van der Waals surface area contributed by atoms with Gasteiger partial charge >= 0.3 is 0 Å². The van der Waals surface area contributed by atoms with Crippen molar-refractivity contribution in [3.05, 3.63) is 59.7 Å². The largest absolute Gasteiger partial charge is 0.381 e. The highest BCUT2D eigenvalue weighted by Crippen LogP contribution is 2.25. The molecule has 3 heterocycles. The Bertz CT molecular complexity index is 859. The van der Waals surface area contributed by atoms with Crippen LogP contribution in [0.25, 0.3) is 10.9 Å². The van der Waals surface area contributed by atoms with E-state index in [0.717, 1.165) is 53.4 Å². The molecule has 24 heavy (non-hydrogen) atoms. The molecule has 0 bridgehead atoms. The number of nitrogens with zero attached hydrogens (tertiary/aromatic N) is 3. The zero-order valence-corrected chi connectivity index (χ0v) is 13.7. The van der Waals surface area contributed by atoms with Gasteiger partial charge in [0.15, 0.2) is 0 Å². The first-order chi connectivity index (χ1) is 11.8. The third kappa shape index (κ3) is 3.21. The standard InChI is InChI=1S/C19H20N4O/c1-13-22-18(16-6-7-24-12-16)9-19(23-13)21-11-14-8-15-4-2-3-5-17(15)20-10-14/h2-5,8-10,16H,6-7,11-12H2,1H3,(H,21,22,23). The number of hydrogen-bond donors (Lipinski definition) is 1. The second-order valence-corrected chi connectivity index (χ2v) is 6.18. The van der Waals surface area contributed by atoms with Gasteiger partial charge in [-0.15, -0.1) is 0 Å². The lowest BCUT2D eigenvalue weighted by atomic mass is 10.0. The van der Waals surface area contributed by atoms with E-state index >= 15 is 0 Å². The van der Waals surface area contributed by atoms with Crippen LogP contribution in [0.1, 0.15) is 29.4 Å². The minimum atomic E-state index is 0.384. The van der Waals surface area contributed by atoms with E-state index in [2.05, 4.69) is 32.4 Å². The van der Waals surface area contributed by atoms with Crippen molar-refractivity contribution in [2.24, 2.45) is 0 Å². The highest BCUT2D eigenvalue weighted by Gasteiger charge is 2.20. The zero-order chi connectivity index (χ0) is 16.4. The lowest BCUT2D eigenvalue weighted by Gasteiger charge is -2.12. The summed E-state index contributed by atoms with van der Waals surface area (Å²) < 4.78 is 5.47. The maximum atomic E-state index is 5.47. The Morgan fingerprint density at radius 1 is 1.21 bits per heavy atom. The van der Waals surface area contributed by atoms with E-state index in [4.69, 9.17) is 4.74 Å². The van der Waals surface area contributed by atoms with Crippen molar-refractivity contribution in [3.8, 4) is 0 Å². The molecule has 2 aromatic heterocycles. The Balaban J connectivity index is 1.51. The molecule has 0 radical (unpaired) electrons. The quantitative estimate of drug-likeness (QED) is 0.798. The normalized spacial score (nSPS) is 17.3. The first-order valence-corrected chi connectivity index (χ1v) is 8.29. The average molecular weight is 320 g/mol. The second-order valence-electron chi connectivity index (χ2n) is 6.18.